The van der Waals surface area contributed by atoms with E-state index in [1.807, 2.05) is 0 Å². The average molecular weight is 680 g/mol. The zero-order valence-electron chi connectivity index (χ0n) is 25.3. The minimum atomic E-state index is -0.989. The standard InChI is InChI=1S/C33H25N7O6S2/c1-17-27(30(43)38(36-17)32-34-23(15-47-32)21-10-3-5-12-25(21)41)29(19-8-7-9-20(14-19)40(45)46)28-18(2)37-39(31(28)44)33-35-24(16-48-33)22-11-4-6-13-26(22)42/h3-16,27-29,41-42H,1-2H3. The van der Waals surface area contributed by atoms with Crippen molar-refractivity contribution in [3.8, 4) is 34.0 Å². The lowest BCUT2D eigenvalue weighted by Crippen LogP contribution is -2.40. The number of nitro groups is 1. The van der Waals surface area contributed by atoms with Gasteiger partial charge in [0.25, 0.3) is 17.5 Å². The molecule has 0 radical (unpaired) electrons. The number of hydrogen-bond acceptors (Lipinski definition) is 12. The van der Waals surface area contributed by atoms with Crippen molar-refractivity contribution in [3.05, 3.63) is 99.2 Å². The second-order valence-corrected chi connectivity index (χ2v) is 12.9. The third kappa shape index (κ3) is 5.28. The lowest BCUT2D eigenvalue weighted by molar-refractivity contribution is -0.384. The van der Waals surface area contributed by atoms with Crippen LogP contribution in [0.3, 0.4) is 0 Å². The Morgan fingerprint density at radius 1 is 0.750 bits per heavy atom. The van der Waals surface area contributed by atoms with Crippen LogP contribution in [0.25, 0.3) is 22.5 Å². The number of nitrogens with zero attached hydrogens (tertiary/aromatic N) is 7. The van der Waals surface area contributed by atoms with E-state index in [0.717, 1.165) is 0 Å². The summed E-state index contributed by atoms with van der Waals surface area (Å²) in [5, 5.41) is 47.9. The number of benzene rings is 3. The van der Waals surface area contributed by atoms with Crippen LogP contribution in [0, 0.1) is 22.0 Å². The summed E-state index contributed by atoms with van der Waals surface area (Å²) in [7, 11) is 0. The van der Waals surface area contributed by atoms with Crippen LogP contribution in [0.2, 0.25) is 0 Å². The highest BCUT2D eigenvalue weighted by Crippen LogP contribution is 2.45. The molecule has 0 bridgehead atoms. The molecule has 0 aliphatic carbocycles. The van der Waals surface area contributed by atoms with Crippen LogP contribution < -0.4 is 10.0 Å². The maximum atomic E-state index is 14.3. The largest absolute Gasteiger partial charge is 0.507 e. The number of carbonyl (C=O) groups excluding carboxylic acids is 2. The van der Waals surface area contributed by atoms with Crippen LogP contribution >= 0.6 is 22.7 Å². The van der Waals surface area contributed by atoms with E-state index in [0.29, 0.717) is 39.5 Å². The van der Waals surface area contributed by atoms with Crippen LogP contribution in [-0.2, 0) is 9.59 Å². The SMILES string of the molecule is CC1=NN(c2nc(-c3ccccc3O)cs2)C(=O)C1C(c1cccc([N+](=O)[O-])c1)C1C(=O)N(c2nc(-c3ccccc3O)cs2)N=C1C. The number of hydrogen-bond donors (Lipinski definition) is 2. The molecule has 2 unspecified atom stereocenters. The molecule has 7 rings (SSSR count). The molecule has 2 amide bonds. The summed E-state index contributed by atoms with van der Waals surface area (Å²) >= 11 is 2.33. The maximum Gasteiger partial charge on any atom is 0.269 e. The van der Waals surface area contributed by atoms with Gasteiger partial charge in [-0.3, -0.25) is 19.7 Å². The Labute approximate surface area is 280 Å². The Hall–Kier alpha value is -5.80. The Morgan fingerprint density at radius 3 is 1.69 bits per heavy atom. The third-order valence-corrected chi connectivity index (χ3v) is 9.89. The van der Waals surface area contributed by atoms with Gasteiger partial charge in [-0.25, -0.2) is 9.97 Å². The molecule has 0 saturated carbocycles. The van der Waals surface area contributed by atoms with Crippen LogP contribution in [0.4, 0.5) is 16.0 Å². The van der Waals surface area contributed by atoms with Gasteiger partial charge >= 0.3 is 0 Å². The summed E-state index contributed by atoms with van der Waals surface area (Å²) in [6, 6.07) is 19.3. The van der Waals surface area contributed by atoms with Gasteiger partial charge in [-0.15, -0.1) is 22.7 Å². The number of non-ortho nitro benzene ring substituents is 1. The van der Waals surface area contributed by atoms with Gasteiger partial charge in [-0.05, 0) is 43.7 Å². The van der Waals surface area contributed by atoms with Gasteiger partial charge in [0.15, 0.2) is 0 Å². The number of phenols is 2. The fourth-order valence-electron chi connectivity index (χ4n) is 6.03. The number of rotatable bonds is 8. The lowest BCUT2D eigenvalue weighted by atomic mass is 9.73. The Bertz CT molecular complexity index is 2050. The number of aromatic hydroxyl groups is 2. The van der Waals surface area contributed by atoms with Crippen LogP contribution in [0.15, 0.2) is 93.8 Å². The first-order valence-electron chi connectivity index (χ1n) is 14.6. The highest BCUT2D eigenvalue weighted by atomic mass is 32.1. The van der Waals surface area contributed by atoms with Crippen molar-refractivity contribution in [1.82, 2.24) is 9.97 Å². The molecule has 2 N–H and O–H groups in total. The Balaban J connectivity index is 1.25. The Kier molecular flexibility index (Phi) is 7.77. The van der Waals surface area contributed by atoms with Gasteiger partial charge in [0.1, 0.15) is 11.5 Å². The molecular formula is C33H25N7O6S2. The summed E-state index contributed by atoms with van der Waals surface area (Å²) in [6.45, 7) is 3.35. The minimum absolute atomic E-state index is 0.0392. The lowest BCUT2D eigenvalue weighted by Gasteiger charge is -2.28. The summed E-state index contributed by atoms with van der Waals surface area (Å²) in [5.41, 5.74) is 2.91. The number of para-hydroxylation sites is 2. The van der Waals surface area contributed by atoms with Crippen molar-refractivity contribution in [2.75, 3.05) is 10.0 Å². The van der Waals surface area contributed by atoms with Crippen LogP contribution in [0.1, 0.15) is 25.3 Å². The zero-order valence-corrected chi connectivity index (χ0v) is 26.9. The van der Waals surface area contributed by atoms with Crippen molar-refractivity contribution >= 4 is 61.9 Å². The van der Waals surface area contributed by atoms with Gasteiger partial charge in [-0.1, -0.05) is 36.4 Å². The van der Waals surface area contributed by atoms with Crippen molar-refractivity contribution in [1.29, 1.82) is 0 Å². The summed E-state index contributed by atoms with van der Waals surface area (Å²) in [5.74, 6) is -3.74. The number of nitro benzene ring substituents is 1. The molecule has 0 spiro atoms. The molecule has 240 valence electrons. The maximum absolute atomic E-state index is 14.3. The molecular weight excluding hydrogens is 655 g/mol. The normalized spacial score (nSPS) is 18.3. The van der Waals surface area contributed by atoms with Gasteiger partial charge in [0.2, 0.25) is 10.3 Å². The molecule has 2 aliphatic rings. The predicted octanol–water partition coefficient (Wildman–Crippen LogP) is 6.41. The van der Waals surface area contributed by atoms with E-state index in [4.69, 9.17) is 0 Å². The third-order valence-electron chi connectivity index (χ3n) is 8.26. The number of thiazole rings is 2. The van der Waals surface area contributed by atoms with Gasteiger partial charge < -0.3 is 10.2 Å². The van der Waals surface area contributed by atoms with E-state index in [9.17, 15) is 29.9 Å². The van der Waals surface area contributed by atoms with E-state index in [-0.39, 0.29) is 27.4 Å². The topological polar surface area (TPSA) is 175 Å². The number of anilines is 2. The van der Waals surface area contributed by atoms with E-state index in [1.165, 1.54) is 50.9 Å². The van der Waals surface area contributed by atoms with E-state index >= 15 is 0 Å². The molecule has 48 heavy (non-hydrogen) atoms. The van der Waals surface area contributed by atoms with Gasteiger partial charge in [-0.2, -0.15) is 20.2 Å². The highest BCUT2D eigenvalue weighted by Gasteiger charge is 2.51. The van der Waals surface area contributed by atoms with E-state index < -0.39 is 34.5 Å². The Morgan fingerprint density at radius 2 is 1.23 bits per heavy atom. The van der Waals surface area contributed by atoms with Crippen molar-refractivity contribution < 1.29 is 24.7 Å². The molecule has 2 aromatic heterocycles. The molecule has 5 aromatic rings. The quantitative estimate of drug-likeness (QED) is 0.140. The average Bonchev–Trinajstić information content (AvgIpc) is 3.87. The molecule has 0 saturated heterocycles. The van der Waals surface area contributed by atoms with Crippen molar-refractivity contribution in [2.24, 2.45) is 22.0 Å². The first kappa shape index (κ1) is 30.8. The number of phenolic OH excluding ortho intramolecular Hbond substituents is 2. The summed E-state index contributed by atoms with van der Waals surface area (Å²) < 4.78 is 0. The smallest absolute Gasteiger partial charge is 0.269 e. The van der Waals surface area contributed by atoms with Crippen molar-refractivity contribution in [2.45, 2.75) is 19.8 Å². The molecule has 15 heteroatoms. The predicted molar refractivity (Wildman–Crippen MR) is 182 cm³/mol. The van der Waals surface area contributed by atoms with E-state index in [2.05, 4.69) is 20.2 Å². The molecule has 13 nitrogen and oxygen atoms in total. The first-order valence-corrected chi connectivity index (χ1v) is 16.4. The molecule has 0 fully saturated rings. The fourth-order valence-corrected chi connectivity index (χ4v) is 7.59. The monoisotopic (exact) mass is 679 g/mol. The summed E-state index contributed by atoms with van der Waals surface area (Å²) in [6.07, 6.45) is 0. The van der Waals surface area contributed by atoms with Gasteiger partial charge in [0, 0.05) is 51.4 Å². The second kappa shape index (κ2) is 12.1. The summed E-state index contributed by atoms with van der Waals surface area (Å²) in [4.78, 5) is 48.9. The number of aromatic nitrogens is 2. The van der Waals surface area contributed by atoms with E-state index in [1.54, 1.807) is 79.2 Å². The highest BCUT2D eigenvalue weighted by molar-refractivity contribution is 7.14. The second-order valence-electron chi connectivity index (χ2n) is 11.2. The van der Waals surface area contributed by atoms with Crippen LogP contribution in [-0.4, -0.2) is 48.3 Å². The molecule has 3 aromatic carbocycles. The molecule has 4 heterocycles. The minimum Gasteiger partial charge on any atom is -0.507 e. The fraction of sp³-hybridized carbons (Fsp3) is 0.152. The number of carbonyl (C=O) groups is 2. The zero-order chi connectivity index (χ0) is 33.7. The first-order chi connectivity index (χ1) is 23.1. The molecule has 2 atom stereocenters. The van der Waals surface area contributed by atoms with Crippen molar-refractivity contribution in [3.63, 3.8) is 0 Å². The molecule has 2 aliphatic heterocycles. The number of hydrazone groups is 2. The number of amides is 2. The van der Waals surface area contributed by atoms with Gasteiger partial charge in [0.05, 0.1) is 28.1 Å². The van der Waals surface area contributed by atoms with Crippen LogP contribution in [0.5, 0.6) is 11.5 Å².